The van der Waals surface area contributed by atoms with E-state index in [1.165, 1.54) is 34.2 Å². The highest BCUT2D eigenvalue weighted by molar-refractivity contribution is 5.91. The minimum Gasteiger partial charge on any atom is -0.333 e. The molecule has 1 N–H and O–H groups in total. The van der Waals surface area contributed by atoms with Crippen LogP contribution in [0.3, 0.4) is 0 Å². The SMILES string of the molecule is CCC[C@H]1C(=O)N(Cc2ccc(F)cc2)C[C@H]2N1C(=O)CN(C)N2C(=O)NCc1ccc(F)cc1. The fraction of sp³-hybridized carbons (Fsp3) is 0.400. The van der Waals surface area contributed by atoms with Crippen molar-refractivity contribution in [1.29, 1.82) is 0 Å². The Kier molecular flexibility index (Phi) is 7.30. The van der Waals surface area contributed by atoms with Gasteiger partial charge in [-0.05, 0) is 41.8 Å². The van der Waals surface area contributed by atoms with Crippen LogP contribution in [0.4, 0.5) is 13.6 Å². The van der Waals surface area contributed by atoms with Crippen LogP contribution < -0.4 is 5.32 Å². The van der Waals surface area contributed by atoms with Crippen LogP contribution in [-0.2, 0) is 22.7 Å². The van der Waals surface area contributed by atoms with Crippen molar-refractivity contribution in [1.82, 2.24) is 25.1 Å². The number of halogens is 2. The first-order chi connectivity index (χ1) is 16.8. The second-order valence-corrected chi connectivity index (χ2v) is 8.88. The van der Waals surface area contributed by atoms with Gasteiger partial charge in [0.25, 0.3) is 0 Å². The molecule has 10 heteroatoms. The van der Waals surface area contributed by atoms with Gasteiger partial charge in [-0.25, -0.2) is 23.6 Å². The van der Waals surface area contributed by atoms with E-state index in [0.717, 1.165) is 11.1 Å². The maximum absolute atomic E-state index is 13.4. The Hall–Kier alpha value is -3.53. The predicted molar refractivity (Wildman–Crippen MR) is 124 cm³/mol. The molecule has 0 aliphatic carbocycles. The number of rotatable bonds is 6. The fourth-order valence-electron chi connectivity index (χ4n) is 4.67. The van der Waals surface area contributed by atoms with Gasteiger partial charge >= 0.3 is 6.03 Å². The van der Waals surface area contributed by atoms with Crippen molar-refractivity contribution >= 4 is 17.8 Å². The van der Waals surface area contributed by atoms with E-state index in [2.05, 4.69) is 5.32 Å². The summed E-state index contributed by atoms with van der Waals surface area (Å²) in [5.41, 5.74) is 1.49. The Bertz CT molecular complexity index is 1080. The lowest BCUT2D eigenvalue weighted by atomic mass is 10.0. The lowest BCUT2D eigenvalue weighted by Crippen LogP contribution is -2.75. The lowest BCUT2D eigenvalue weighted by Gasteiger charge is -2.54. The maximum atomic E-state index is 13.4. The van der Waals surface area contributed by atoms with Crippen molar-refractivity contribution < 1.29 is 23.2 Å². The van der Waals surface area contributed by atoms with Gasteiger partial charge in [0.05, 0.1) is 13.1 Å². The summed E-state index contributed by atoms with van der Waals surface area (Å²) in [6.07, 6.45) is 0.462. The van der Waals surface area contributed by atoms with Gasteiger partial charge in [-0.2, -0.15) is 0 Å². The van der Waals surface area contributed by atoms with Crippen LogP contribution in [0, 0.1) is 11.6 Å². The third kappa shape index (κ3) is 5.27. The molecular formula is C25H29F2N5O3. The first kappa shape index (κ1) is 24.6. The maximum Gasteiger partial charge on any atom is 0.334 e. The Balaban J connectivity index is 1.58. The number of piperazine rings is 1. The van der Waals surface area contributed by atoms with Crippen molar-refractivity contribution in [2.75, 3.05) is 20.1 Å². The molecule has 0 spiro atoms. The van der Waals surface area contributed by atoms with Gasteiger partial charge in [0.2, 0.25) is 11.8 Å². The molecule has 0 unspecified atom stereocenters. The molecule has 2 fully saturated rings. The molecule has 2 atom stereocenters. The summed E-state index contributed by atoms with van der Waals surface area (Å²) in [4.78, 5) is 42.8. The first-order valence-electron chi connectivity index (χ1n) is 11.7. The third-order valence-corrected chi connectivity index (χ3v) is 6.35. The quantitative estimate of drug-likeness (QED) is 0.683. The van der Waals surface area contributed by atoms with Gasteiger partial charge in [-0.3, -0.25) is 9.59 Å². The number of urea groups is 1. The molecule has 0 aromatic heterocycles. The lowest BCUT2D eigenvalue weighted by molar-refractivity contribution is -0.188. The van der Waals surface area contributed by atoms with Crippen LogP contribution >= 0.6 is 0 Å². The Labute approximate surface area is 203 Å². The Morgan fingerprint density at radius 2 is 1.60 bits per heavy atom. The van der Waals surface area contributed by atoms with Crippen molar-refractivity contribution in [2.45, 2.75) is 45.1 Å². The van der Waals surface area contributed by atoms with E-state index in [-0.39, 0.29) is 49.6 Å². The highest BCUT2D eigenvalue weighted by Gasteiger charge is 2.50. The number of amides is 4. The topological polar surface area (TPSA) is 76.2 Å². The predicted octanol–water partition coefficient (Wildman–Crippen LogP) is 2.70. The van der Waals surface area contributed by atoms with Gasteiger partial charge in [0, 0.05) is 20.1 Å². The molecule has 4 rings (SSSR count). The molecule has 0 bridgehead atoms. The summed E-state index contributed by atoms with van der Waals surface area (Å²) in [5, 5.41) is 5.86. The summed E-state index contributed by atoms with van der Waals surface area (Å²) < 4.78 is 26.6. The van der Waals surface area contributed by atoms with Gasteiger partial charge in [-0.1, -0.05) is 37.6 Å². The average Bonchev–Trinajstić information content (AvgIpc) is 2.82. The number of likely N-dealkylation sites (N-methyl/N-ethyl adjacent to an activating group) is 1. The number of hydrogen-bond acceptors (Lipinski definition) is 4. The van der Waals surface area contributed by atoms with Crippen molar-refractivity contribution in [2.24, 2.45) is 0 Å². The molecule has 2 aliphatic rings. The normalized spacial score (nSPS) is 20.7. The smallest absolute Gasteiger partial charge is 0.333 e. The van der Waals surface area contributed by atoms with E-state index in [4.69, 9.17) is 0 Å². The summed E-state index contributed by atoms with van der Waals surface area (Å²) in [6, 6.07) is 10.6. The van der Waals surface area contributed by atoms with Crippen LogP contribution in [0.25, 0.3) is 0 Å². The van der Waals surface area contributed by atoms with Crippen molar-refractivity contribution in [3.63, 3.8) is 0 Å². The van der Waals surface area contributed by atoms with E-state index >= 15 is 0 Å². The minimum absolute atomic E-state index is 0.0358. The molecule has 35 heavy (non-hydrogen) atoms. The summed E-state index contributed by atoms with van der Waals surface area (Å²) >= 11 is 0. The highest BCUT2D eigenvalue weighted by atomic mass is 19.1. The van der Waals surface area contributed by atoms with E-state index in [1.807, 2.05) is 6.92 Å². The number of hydrogen-bond donors (Lipinski definition) is 1. The number of carbonyl (C=O) groups excluding carboxylic acids is 3. The van der Waals surface area contributed by atoms with Crippen LogP contribution in [0.2, 0.25) is 0 Å². The molecule has 186 valence electrons. The zero-order valence-electron chi connectivity index (χ0n) is 19.8. The van der Waals surface area contributed by atoms with Crippen LogP contribution in [0.1, 0.15) is 30.9 Å². The largest absolute Gasteiger partial charge is 0.334 e. The Morgan fingerprint density at radius 3 is 2.20 bits per heavy atom. The first-order valence-corrected chi connectivity index (χ1v) is 11.7. The van der Waals surface area contributed by atoms with E-state index in [0.29, 0.717) is 12.8 Å². The van der Waals surface area contributed by atoms with Crippen LogP contribution in [-0.4, -0.2) is 70.0 Å². The number of nitrogens with zero attached hydrogens (tertiary/aromatic N) is 4. The molecule has 4 amide bonds. The monoisotopic (exact) mass is 485 g/mol. The summed E-state index contributed by atoms with van der Waals surface area (Å²) in [7, 11) is 1.66. The molecule has 8 nitrogen and oxygen atoms in total. The van der Waals surface area contributed by atoms with Gasteiger partial charge in [0.1, 0.15) is 23.8 Å². The van der Waals surface area contributed by atoms with Crippen molar-refractivity contribution in [3.8, 4) is 0 Å². The Morgan fingerprint density at radius 1 is 1.00 bits per heavy atom. The molecule has 2 saturated heterocycles. The molecule has 2 aromatic rings. The number of hydrazine groups is 1. The average molecular weight is 486 g/mol. The number of fused-ring (bicyclic) bond motifs is 1. The molecule has 2 aromatic carbocycles. The van der Waals surface area contributed by atoms with Crippen LogP contribution in [0.15, 0.2) is 48.5 Å². The zero-order valence-corrected chi connectivity index (χ0v) is 19.8. The summed E-state index contributed by atoms with van der Waals surface area (Å²) in [5.74, 6) is -1.12. The zero-order chi connectivity index (χ0) is 25.1. The second-order valence-electron chi connectivity index (χ2n) is 8.88. The highest BCUT2D eigenvalue weighted by Crippen LogP contribution is 2.28. The standard InChI is InChI=1S/C25H29F2N5O3/c1-3-4-21-24(34)30(14-18-7-11-20(27)12-8-18)15-22-31(21)23(33)16-29(2)32(22)25(35)28-13-17-5-9-19(26)10-6-17/h5-12,21-22H,3-4,13-16H2,1-2H3,(H,28,35)/t21-,22-/m0/s1. The van der Waals surface area contributed by atoms with Gasteiger partial charge in [0.15, 0.2) is 0 Å². The molecule has 2 heterocycles. The van der Waals surface area contributed by atoms with E-state index in [1.54, 1.807) is 41.2 Å². The van der Waals surface area contributed by atoms with Gasteiger partial charge in [-0.15, -0.1) is 0 Å². The summed E-state index contributed by atoms with van der Waals surface area (Å²) in [6.45, 7) is 2.45. The van der Waals surface area contributed by atoms with E-state index < -0.39 is 18.2 Å². The number of benzene rings is 2. The van der Waals surface area contributed by atoms with E-state index in [9.17, 15) is 23.2 Å². The van der Waals surface area contributed by atoms with Gasteiger partial charge < -0.3 is 15.1 Å². The molecule has 2 aliphatic heterocycles. The second kappa shape index (κ2) is 10.4. The fourth-order valence-corrected chi connectivity index (χ4v) is 4.67. The molecule has 0 saturated carbocycles. The molecule has 0 radical (unpaired) electrons. The third-order valence-electron chi connectivity index (χ3n) is 6.35. The minimum atomic E-state index is -0.691. The van der Waals surface area contributed by atoms with Crippen molar-refractivity contribution in [3.05, 3.63) is 71.3 Å². The number of nitrogens with one attached hydrogen (secondary N) is 1. The molecular weight excluding hydrogens is 456 g/mol. The van der Waals surface area contributed by atoms with Crippen LogP contribution in [0.5, 0.6) is 0 Å². The number of carbonyl (C=O) groups is 3.